The van der Waals surface area contributed by atoms with Gasteiger partial charge in [0, 0.05) is 13.2 Å². The Hall–Kier alpha value is -1.55. The molecule has 2 atom stereocenters. The topological polar surface area (TPSA) is 47.6 Å². The summed E-state index contributed by atoms with van der Waals surface area (Å²) in [5.74, 6) is 0. The van der Waals surface area contributed by atoms with Crippen molar-refractivity contribution < 1.29 is 14.3 Å². The third-order valence-corrected chi connectivity index (χ3v) is 3.37. The van der Waals surface area contributed by atoms with E-state index in [0.717, 1.165) is 24.0 Å². The van der Waals surface area contributed by atoms with Gasteiger partial charge in [-0.15, -0.1) is 0 Å². The van der Waals surface area contributed by atoms with Crippen molar-refractivity contribution >= 4 is 6.09 Å². The van der Waals surface area contributed by atoms with Crippen molar-refractivity contribution in [2.24, 2.45) is 0 Å². The highest BCUT2D eigenvalue weighted by Gasteiger charge is 2.27. The molecule has 0 heterocycles. The van der Waals surface area contributed by atoms with Crippen molar-refractivity contribution in [3.63, 3.8) is 0 Å². The van der Waals surface area contributed by atoms with Gasteiger partial charge in [0.15, 0.2) is 0 Å². The van der Waals surface area contributed by atoms with Crippen molar-refractivity contribution in [2.75, 3.05) is 7.11 Å². The number of benzene rings is 1. The van der Waals surface area contributed by atoms with E-state index in [-0.39, 0.29) is 18.3 Å². The maximum Gasteiger partial charge on any atom is 0.407 e. The molecule has 0 radical (unpaired) electrons. The molecule has 0 aromatic heterocycles. The van der Waals surface area contributed by atoms with E-state index in [4.69, 9.17) is 9.47 Å². The third kappa shape index (κ3) is 3.70. The quantitative estimate of drug-likeness (QED) is 0.888. The first-order chi connectivity index (χ1) is 9.11. The summed E-state index contributed by atoms with van der Waals surface area (Å²) in [6, 6.07) is 8.28. The zero-order valence-corrected chi connectivity index (χ0v) is 11.7. The van der Waals surface area contributed by atoms with Gasteiger partial charge in [-0.05, 0) is 37.8 Å². The minimum Gasteiger partial charge on any atom is -0.443 e. The predicted octanol–water partition coefficient (Wildman–Crippen LogP) is 2.96. The average molecular weight is 263 g/mol. The average Bonchev–Trinajstić information content (AvgIpc) is 3.16. The van der Waals surface area contributed by atoms with Gasteiger partial charge in [-0.1, -0.05) is 24.3 Å². The molecule has 0 bridgehead atoms. The summed E-state index contributed by atoms with van der Waals surface area (Å²) in [6.45, 7) is 3.88. The molecule has 1 aliphatic carbocycles. The third-order valence-electron chi connectivity index (χ3n) is 3.37. The number of alkyl carbamates (subject to hydrolysis) is 1. The van der Waals surface area contributed by atoms with Crippen LogP contribution in [-0.4, -0.2) is 25.3 Å². The lowest BCUT2D eigenvalue weighted by atomic mass is 10.00. The van der Waals surface area contributed by atoms with Crippen LogP contribution in [0.5, 0.6) is 0 Å². The molecule has 1 saturated carbocycles. The summed E-state index contributed by atoms with van der Waals surface area (Å²) >= 11 is 0. The van der Waals surface area contributed by atoms with E-state index in [0.29, 0.717) is 6.04 Å². The van der Waals surface area contributed by atoms with E-state index in [9.17, 15) is 4.79 Å². The second kappa shape index (κ2) is 6.06. The number of methoxy groups -OCH3 is 1. The van der Waals surface area contributed by atoms with Gasteiger partial charge in [-0.3, -0.25) is 0 Å². The second-order valence-corrected chi connectivity index (χ2v) is 5.04. The zero-order valence-electron chi connectivity index (χ0n) is 11.7. The molecule has 0 aliphatic heterocycles. The monoisotopic (exact) mass is 263 g/mol. The molecule has 4 heteroatoms. The first-order valence-electron chi connectivity index (χ1n) is 6.67. The summed E-state index contributed by atoms with van der Waals surface area (Å²) in [6.07, 6.45) is 1.17. The Morgan fingerprint density at radius 2 is 2.05 bits per heavy atom. The van der Waals surface area contributed by atoms with Gasteiger partial charge in [0.2, 0.25) is 0 Å². The standard InChI is InChI=1S/C15H21NO3/c1-10-6-4-5-7-13(10)14(18-3)11(2)19-15(17)16-12-8-9-12/h4-7,11-12,14H,8-9H2,1-3H3,(H,16,17). The van der Waals surface area contributed by atoms with E-state index in [1.807, 2.05) is 38.1 Å². The van der Waals surface area contributed by atoms with Gasteiger partial charge in [0.05, 0.1) is 0 Å². The zero-order chi connectivity index (χ0) is 13.8. The normalized spacial score (nSPS) is 17.6. The molecule has 4 nitrogen and oxygen atoms in total. The lowest BCUT2D eigenvalue weighted by molar-refractivity contribution is -0.0152. The van der Waals surface area contributed by atoms with Gasteiger partial charge >= 0.3 is 6.09 Å². The van der Waals surface area contributed by atoms with Crippen LogP contribution in [0.1, 0.15) is 37.0 Å². The molecule has 0 saturated heterocycles. The first-order valence-corrected chi connectivity index (χ1v) is 6.67. The van der Waals surface area contributed by atoms with Crippen LogP contribution in [-0.2, 0) is 9.47 Å². The number of hydrogen-bond acceptors (Lipinski definition) is 3. The number of aryl methyl sites for hydroxylation is 1. The Labute approximate surface area is 114 Å². The number of ether oxygens (including phenoxy) is 2. The van der Waals surface area contributed by atoms with Crippen LogP contribution in [0.2, 0.25) is 0 Å². The minimum absolute atomic E-state index is 0.244. The molecule has 1 N–H and O–H groups in total. The summed E-state index contributed by atoms with van der Waals surface area (Å²) < 4.78 is 10.9. The molecule has 2 unspecified atom stereocenters. The largest absolute Gasteiger partial charge is 0.443 e. The van der Waals surface area contributed by atoms with Crippen LogP contribution in [0.4, 0.5) is 4.79 Å². The van der Waals surface area contributed by atoms with E-state index in [1.165, 1.54) is 0 Å². The van der Waals surface area contributed by atoms with Crippen LogP contribution in [0.15, 0.2) is 24.3 Å². The Morgan fingerprint density at radius 3 is 2.63 bits per heavy atom. The lowest BCUT2D eigenvalue weighted by Gasteiger charge is -2.24. The van der Waals surface area contributed by atoms with Crippen molar-refractivity contribution in [3.05, 3.63) is 35.4 Å². The Balaban J connectivity index is 1.99. The molecular weight excluding hydrogens is 242 g/mol. The van der Waals surface area contributed by atoms with Crippen molar-refractivity contribution in [3.8, 4) is 0 Å². The fourth-order valence-electron chi connectivity index (χ4n) is 2.14. The minimum atomic E-state index is -0.356. The molecule has 1 aliphatic rings. The fraction of sp³-hybridized carbons (Fsp3) is 0.533. The molecular formula is C15H21NO3. The van der Waals surface area contributed by atoms with Gasteiger partial charge in [-0.2, -0.15) is 0 Å². The number of rotatable bonds is 5. The van der Waals surface area contributed by atoms with Crippen molar-refractivity contribution in [2.45, 2.75) is 44.9 Å². The highest BCUT2D eigenvalue weighted by molar-refractivity contribution is 5.68. The van der Waals surface area contributed by atoms with Gasteiger partial charge in [-0.25, -0.2) is 4.79 Å². The number of hydrogen-bond donors (Lipinski definition) is 1. The summed E-state index contributed by atoms with van der Waals surface area (Å²) in [4.78, 5) is 11.7. The van der Waals surface area contributed by atoms with Crippen LogP contribution >= 0.6 is 0 Å². The molecule has 1 amide bonds. The Morgan fingerprint density at radius 1 is 1.37 bits per heavy atom. The molecule has 1 aromatic rings. The molecule has 2 rings (SSSR count). The smallest absolute Gasteiger partial charge is 0.407 e. The van der Waals surface area contributed by atoms with Crippen LogP contribution in [0.3, 0.4) is 0 Å². The molecule has 0 spiro atoms. The van der Waals surface area contributed by atoms with E-state index < -0.39 is 0 Å². The summed E-state index contributed by atoms with van der Waals surface area (Å²) in [5, 5.41) is 2.81. The summed E-state index contributed by atoms with van der Waals surface area (Å²) in [5.41, 5.74) is 2.18. The van der Waals surface area contributed by atoms with Crippen molar-refractivity contribution in [1.82, 2.24) is 5.32 Å². The van der Waals surface area contributed by atoms with Gasteiger partial charge in [0.25, 0.3) is 0 Å². The van der Waals surface area contributed by atoms with Crippen LogP contribution in [0.25, 0.3) is 0 Å². The number of carbonyl (C=O) groups is 1. The number of nitrogens with one attached hydrogen (secondary N) is 1. The maximum atomic E-state index is 11.7. The lowest BCUT2D eigenvalue weighted by Crippen LogP contribution is -2.32. The second-order valence-electron chi connectivity index (χ2n) is 5.04. The maximum absolute atomic E-state index is 11.7. The van der Waals surface area contributed by atoms with E-state index in [1.54, 1.807) is 7.11 Å². The van der Waals surface area contributed by atoms with Crippen LogP contribution in [0, 0.1) is 6.92 Å². The Bertz CT molecular complexity index is 443. The fourth-order valence-corrected chi connectivity index (χ4v) is 2.14. The Kier molecular flexibility index (Phi) is 4.43. The number of amides is 1. The molecule has 1 fully saturated rings. The van der Waals surface area contributed by atoms with Crippen LogP contribution < -0.4 is 5.32 Å². The van der Waals surface area contributed by atoms with E-state index >= 15 is 0 Å². The molecule has 1 aromatic carbocycles. The number of carbonyl (C=O) groups excluding carboxylic acids is 1. The highest BCUT2D eigenvalue weighted by atomic mass is 16.6. The van der Waals surface area contributed by atoms with Gasteiger partial charge in [0.1, 0.15) is 12.2 Å². The predicted molar refractivity (Wildman–Crippen MR) is 73.0 cm³/mol. The van der Waals surface area contributed by atoms with Crippen molar-refractivity contribution in [1.29, 1.82) is 0 Å². The molecule has 104 valence electrons. The SMILES string of the molecule is COC(c1ccccc1C)C(C)OC(=O)NC1CC1. The summed E-state index contributed by atoms with van der Waals surface area (Å²) in [7, 11) is 1.63. The van der Waals surface area contributed by atoms with E-state index in [2.05, 4.69) is 5.32 Å². The first kappa shape index (κ1) is 13.9. The van der Waals surface area contributed by atoms with Gasteiger partial charge < -0.3 is 14.8 Å². The molecule has 19 heavy (non-hydrogen) atoms. The highest BCUT2D eigenvalue weighted by Crippen LogP contribution is 2.26.